The van der Waals surface area contributed by atoms with E-state index in [0.717, 1.165) is 12.8 Å². The van der Waals surface area contributed by atoms with Crippen LogP contribution in [0, 0.1) is 23.6 Å². The molecule has 1 aromatic carbocycles. The first kappa shape index (κ1) is 14.0. The predicted molar refractivity (Wildman–Crippen MR) is 73.9 cm³/mol. The normalized spacial score (nSPS) is 27.8. The monoisotopic (exact) mass is 291 g/mol. The zero-order chi connectivity index (χ0) is 15.0. The summed E-state index contributed by atoms with van der Waals surface area (Å²) in [6, 6.07) is 5.01. The molecule has 2 N–H and O–H groups in total. The Labute approximate surface area is 122 Å². The number of carboxylic acids is 1. The summed E-state index contributed by atoms with van der Waals surface area (Å²) in [5.74, 6) is -0.389. The van der Waals surface area contributed by atoms with Crippen LogP contribution < -0.4 is 5.32 Å². The molecule has 2 saturated carbocycles. The summed E-state index contributed by atoms with van der Waals surface area (Å²) in [6.45, 7) is 0. The van der Waals surface area contributed by atoms with Crippen LogP contribution in [0.1, 0.15) is 37.3 Å². The second-order valence-electron chi connectivity index (χ2n) is 5.99. The van der Waals surface area contributed by atoms with E-state index in [1.165, 1.54) is 30.7 Å². The highest BCUT2D eigenvalue weighted by Crippen LogP contribution is 2.57. The van der Waals surface area contributed by atoms with Gasteiger partial charge in [-0.15, -0.1) is 0 Å². The minimum atomic E-state index is -0.986. The predicted octanol–water partition coefficient (Wildman–Crippen LogP) is 2.50. The quantitative estimate of drug-likeness (QED) is 0.876. The van der Waals surface area contributed by atoms with Crippen molar-refractivity contribution in [2.45, 2.75) is 31.7 Å². The fourth-order valence-electron chi connectivity index (χ4n) is 3.60. The molecule has 4 nitrogen and oxygen atoms in total. The van der Waals surface area contributed by atoms with Crippen LogP contribution in [0.25, 0.3) is 0 Å². The average molecular weight is 291 g/mol. The Bertz CT molecular complexity index is 547. The van der Waals surface area contributed by atoms with E-state index in [1.807, 2.05) is 0 Å². The standard InChI is InChI=1S/C16H18FNO3/c17-10-6-4-9(5-7-10)13(8-14(19)20)18-16(21)15-11-2-1-3-12(11)15/h4-7,11-13,15H,1-3,8H2,(H,18,21)(H,19,20). The largest absolute Gasteiger partial charge is 0.481 e. The van der Waals surface area contributed by atoms with Gasteiger partial charge in [0.1, 0.15) is 5.82 Å². The van der Waals surface area contributed by atoms with Gasteiger partial charge in [-0.05, 0) is 42.4 Å². The van der Waals surface area contributed by atoms with E-state index >= 15 is 0 Å². The van der Waals surface area contributed by atoms with Crippen molar-refractivity contribution in [2.75, 3.05) is 0 Å². The summed E-state index contributed by atoms with van der Waals surface area (Å²) in [5, 5.41) is 11.8. The Morgan fingerprint density at radius 1 is 1.24 bits per heavy atom. The van der Waals surface area contributed by atoms with Crippen LogP contribution in [0.4, 0.5) is 4.39 Å². The highest BCUT2D eigenvalue weighted by atomic mass is 19.1. The first-order valence-electron chi connectivity index (χ1n) is 7.34. The molecule has 2 aliphatic carbocycles. The third-order valence-electron chi connectivity index (χ3n) is 4.68. The fraction of sp³-hybridized carbons (Fsp3) is 0.500. The van der Waals surface area contributed by atoms with Crippen molar-refractivity contribution in [1.82, 2.24) is 5.32 Å². The van der Waals surface area contributed by atoms with E-state index < -0.39 is 12.0 Å². The van der Waals surface area contributed by atoms with Crippen molar-refractivity contribution >= 4 is 11.9 Å². The van der Waals surface area contributed by atoms with Gasteiger partial charge in [-0.1, -0.05) is 18.6 Å². The van der Waals surface area contributed by atoms with Crippen molar-refractivity contribution in [1.29, 1.82) is 0 Å². The van der Waals surface area contributed by atoms with Crippen molar-refractivity contribution in [2.24, 2.45) is 17.8 Å². The molecule has 0 spiro atoms. The number of amides is 1. The topological polar surface area (TPSA) is 66.4 Å². The zero-order valence-electron chi connectivity index (χ0n) is 11.6. The van der Waals surface area contributed by atoms with Gasteiger partial charge in [-0.2, -0.15) is 0 Å². The van der Waals surface area contributed by atoms with Crippen LogP contribution in [0.15, 0.2) is 24.3 Å². The molecular formula is C16H18FNO3. The lowest BCUT2D eigenvalue weighted by atomic mass is 10.0. The smallest absolute Gasteiger partial charge is 0.305 e. The molecular weight excluding hydrogens is 273 g/mol. The lowest BCUT2D eigenvalue weighted by Crippen LogP contribution is -2.32. The maximum absolute atomic E-state index is 13.0. The van der Waals surface area contributed by atoms with E-state index in [-0.39, 0.29) is 24.1 Å². The van der Waals surface area contributed by atoms with Crippen LogP contribution >= 0.6 is 0 Å². The average Bonchev–Trinajstić information content (AvgIpc) is 2.92. The summed E-state index contributed by atoms with van der Waals surface area (Å²) in [4.78, 5) is 23.3. The van der Waals surface area contributed by atoms with Crippen LogP contribution in [-0.2, 0) is 9.59 Å². The number of hydrogen-bond donors (Lipinski definition) is 2. The summed E-state index contributed by atoms with van der Waals surface area (Å²) < 4.78 is 13.0. The number of halogens is 1. The molecule has 3 rings (SSSR count). The number of carbonyl (C=O) groups is 2. The van der Waals surface area contributed by atoms with Crippen LogP contribution in [0.5, 0.6) is 0 Å². The minimum absolute atomic E-state index is 0.0514. The molecule has 0 saturated heterocycles. The number of rotatable bonds is 5. The SMILES string of the molecule is O=C(O)CC(NC(=O)C1C2CCCC21)c1ccc(F)cc1. The first-order chi connectivity index (χ1) is 10.1. The van der Waals surface area contributed by atoms with Crippen molar-refractivity contribution in [3.8, 4) is 0 Å². The van der Waals surface area contributed by atoms with E-state index in [0.29, 0.717) is 17.4 Å². The number of nitrogens with one attached hydrogen (secondary N) is 1. The third-order valence-corrected chi connectivity index (χ3v) is 4.68. The molecule has 0 radical (unpaired) electrons. The third kappa shape index (κ3) is 2.91. The van der Waals surface area contributed by atoms with Crippen molar-refractivity contribution < 1.29 is 19.1 Å². The second-order valence-corrected chi connectivity index (χ2v) is 5.99. The van der Waals surface area contributed by atoms with E-state index in [2.05, 4.69) is 5.32 Å². The molecule has 3 atom stereocenters. The number of aliphatic carboxylic acids is 1. The Kier molecular flexibility index (Phi) is 3.66. The molecule has 3 unspecified atom stereocenters. The van der Waals surface area contributed by atoms with E-state index in [9.17, 15) is 14.0 Å². The molecule has 112 valence electrons. The van der Waals surface area contributed by atoms with Gasteiger partial charge in [0.25, 0.3) is 0 Å². The Morgan fingerprint density at radius 3 is 2.43 bits per heavy atom. The first-order valence-corrected chi connectivity index (χ1v) is 7.34. The molecule has 1 amide bonds. The van der Waals surface area contributed by atoms with Gasteiger partial charge in [0.2, 0.25) is 5.91 Å². The molecule has 5 heteroatoms. The van der Waals surface area contributed by atoms with Gasteiger partial charge in [-0.3, -0.25) is 9.59 Å². The molecule has 0 heterocycles. The highest BCUT2D eigenvalue weighted by molar-refractivity contribution is 5.83. The Hall–Kier alpha value is -1.91. The number of benzene rings is 1. The second kappa shape index (κ2) is 5.47. The number of fused-ring (bicyclic) bond motifs is 1. The van der Waals surface area contributed by atoms with Crippen LogP contribution in [0.3, 0.4) is 0 Å². The fourth-order valence-corrected chi connectivity index (χ4v) is 3.60. The Balaban J connectivity index is 1.69. The summed E-state index contributed by atoms with van der Waals surface area (Å²) >= 11 is 0. The maximum Gasteiger partial charge on any atom is 0.305 e. The van der Waals surface area contributed by atoms with E-state index in [1.54, 1.807) is 0 Å². The molecule has 0 bridgehead atoms. The van der Waals surface area contributed by atoms with Gasteiger partial charge >= 0.3 is 5.97 Å². The van der Waals surface area contributed by atoms with Gasteiger partial charge in [0.15, 0.2) is 0 Å². The van der Waals surface area contributed by atoms with Gasteiger partial charge in [0.05, 0.1) is 12.5 Å². The summed E-state index contributed by atoms with van der Waals surface area (Å²) in [5.41, 5.74) is 0.623. The van der Waals surface area contributed by atoms with Crippen LogP contribution in [-0.4, -0.2) is 17.0 Å². The molecule has 2 aliphatic rings. The summed E-state index contributed by atoms with van der Waals surface area (Å²) in [7, 11) is 0. The van der Waals surface area contributed by atoms with Gasteiger partial charge in [-0.25, -0.2) is 4.39 Å². The lowest BCUT2D eigenvalue weighted by Gasteiger charge is -2.18. The molecule has 0 aromatic heterocycles. The molecule has 1 aromatic rings. The van der Waals surface area contributed by atoms with Crippen LogP contribution in [0.2, 0.25) is 0 Å². The van der Waals surface area contributed by atoms with E-state index in [4.69, 9.17) is 5.11 Å². The zero-order valence-corrected chi connectivity index (χ0v) is 11.6. The summed E-state index contributed by atoms with van der Waals surface area (Å²) in [6.07, 6.45) is 3.20. The van der Waals surface area contributed by atoms with Gasteiger partial charge < -0.3 is 10.4 Å². The Morgan fingerprint density at radius 2 is 1.86 bits per heavy atom. The molecule has 0 aliphatic heterocycles. The minimum Gasteiger partial charge on any atom is -0.481 e. The van der Waals surface area contributed by atoms with Gasteiger partial charge in [0, 0.05) is 5.92 Å². The molecule has 2 fully saturated rings. The highest BCUT2D eigenvalue weighted by Gasteiger charge is 2.56. The van der Waals surface area contributed by atoms with Crippen molar-refractivity contribution in [3.63, 3.8) is 0 Å². The number of carbonyl (C=O) groups excluding carboxylic acids is 1. The maximum atomic E-state index is 13.0. The number of carboxylic acid groups (broad SMARTS) is 1. The van der Waals surface area contributed by atoms with Crippen molar-refractivity contribution in [3.05, 3.63) is 35.6 Å². The lowest BCUT2D eigenvalue weighted by molar-refractivity contribution is -0.137. The molecule has 21 heavy (non-hydrogen) atoms. The number of hydrogen-bond acceptors (Lipinski definition) is 2.